The molecule has 0 amide bonds. The molecule has 0 spiro atoms. The van der Waals surface area contributed by atoms with Gasteiger partial charge >= 0.3 is 0 Å². The van der Waals surface area contributed by atoms with Crippen LogP contribution in [0, 0.1) is 5.92 Å². The Balaban J connectivity index is 2.08. The van der Waals surface area contributed by atoms with Gasteiger partial charge in [-0.05, 0) is 30.7 Å². The summed E-state index contributed by atoms with van der Waals surface area (Å²) in [4.78, 5) is 0.280. The van der Waals surface area contributed by atoms with E-state index in [1.807, 2.05) is 0 Å². The zero-order valence-electron chi connectivity index (χ0n) is 10.9. The molecule has 1 saturated heterocycles. The van der Waals surface area contributed by atoms with Gasteiger partial charge in [-0.1, -0.05) is 0 Å². The topological polar surface area (TPSA) is 78.6 Å². The lowest BCUT2D eigenvalue weighted by Gasteiger charge is -2.17. The quantitative estimate of drug-likeness (QED) is 0.867. The van der Waals surface area contributed by atoms with E-state index in [0.29, 0.717) is 19.0 Å². The van der Waals surface area contributed by atoms with E-state index in [9.17, 15) is 8.42 Å². The molecule has 0 aromatic heterocycles. The van der Waals surface area contributed by atoms with E-state index in [0.717, 1.165) is 6.42 Å². The van der Waals surface area contributed by atoms with E-state index in [-0.39, 0.29) is 22.6 Å². The molecule has 0 aliphatic carbocycles. The first-order chi connectivity index (χ1) is 9.03. The van der Waals surface area contributed by atoms with Crippen molar-refractivity contribution in [1.29, 1.82) is 0 Å². The SMILES string of the molecule is COc1ccc(S(=O)(=O)CC(N)C2CCOC2)cc1. The zero-order chi connectivity index (χ0) is 13.9. The van der Waals surface area contributed by atoms with Gasteiger partial charge in [-0.25, -0.2) is 8.42 Å². The number of benzene rings is 1. The zero-order valence-corrected chi connectivity index (χ0v) is 11.7. The number of rotatable bonds is 5. The molecule has 0 bridgehead atoms. The number of hydrogen-bond donors (Lipinski definition) is 1. The summed E-state index contributed by atoms with van der Waals surface area (Å²) in [5.74, 6) is 0.716. The summed E-state index contributed by atoms with van der Waals surface area (Å²) in [6, 6.07) is 5.99. The fourth-order valence-corrected chi connectivity index (χ4v) is 3.68. The van der Waals surface area contributed by atoms with Crippen molar-refractivity contribution in [3.63, 3.8) is 0 Å². The molecule has 2 N–H and O–H groups in total. The number of ether oxygens (including phenoxy) is 2. The van der Waals surface area contributed by atoms with Gasteiger partial charge in [-0.2, -0.15) is 0 Å². The van der Waals surface area contributed by atoms with Gasteiger partial charge in [0.15, 0.2) is 9.84 Å². The second kappa shape index (κ2) is 5.90. The van der Waals surface area contributed by atoms with E-state index in [1.165, 1.54) is 0 Å². The van der Waals surface area contributed by atoms with E-state index in [2.05, 4.69) is 0 Å². The Morgan fingerprint density at radius 1 is 1.42 bits per heavy atom. The van der Waals surface area contributed by atoms with Crippen LogP contribution >= 0.6 is 0 Å². The summed E-state index contributed by atoms with van der Waals surface area (Å²) in [5, 5.41) is 0. The van der Waals surface area contributed by atoms with Crippen molar-refractivity contribution in [3.05, 3.63) is 24.3 Å². The molecular weight excluding hydrogens is 266 g/mol. The fraction of sp³-hybridized carbons (Fsp3) is 0.538. The molecule has 5 nitrogen and oxygen atoms in total. The van der Waals surface area contributed by atoms with Gasteiger partial charge in [0, 0.05) is 18.6 Å². The Morgan fingerprint density at radius 3 is 2.63 bits per heavy atom. The second-order valence-electron chi connectivity index (χ2n) is 4.74. The summed E-state index contributed by atoms with van der Waals surface area (Å²) in [5.41, 5.74) is 5.97. The van der Waals surface area contributed by atoms with Gasteiger partial charge in [0.25, 0.3) is 0 Å². The summed E-state index contributed by atoms with van der Waals surface area (Å²) in [6.45, 7) is 1.22. The van der Waals surface area contributed by atoms with Crippen molar-refractivity contribution in [2.45, 2.75) is 17.4 Å². The van der Waals surface area contributed by atoms with Crippen LogP contribution in [0.15, 0.2) is 29.2 Å². The van der Waals surface area contributed by atoms with Gasteiger partial charge in [-0.3, -0.25) is 0 Å². The molecule has 1 aliphatic rings. The predicted octanol–water partition coefficient (Wildman–Crippen LogP) is 0.833. The lowest BCUT2D eigenvalue weighted by atomic mass is 10.0. The van der Waals surface area contributed by atoms with Crippen LogP contribution in [-0.4, -0.2) is 40.5 Å². The van der Waals surface area contributed by atoms with E-state index in [4.69, 9.17) is 15.2 Å². The maximum Gasteiger partial charge on any atom is 0.179 e. The number of hydrogen-bond acceptors (Lipinski definition) is 5. The highest BCUT2D eigenvalue weighted by atomic mass is 32.2. The Kier molecular flexibility index (Phi) is 4.44. The smallest absolute Gasteiger partial charge is 0.179 e. The molecule has 2 unspecified atom stereocenters. The molecule has 1 heterocycles. The van der Waals surface area contributed by atoms with Crippen LogP contribution in [0.3, 0.4) is 0 Å². The molecule has 0 radical (unpaired) electrons. The molecule has 2 rings (SSSR count). The first kappa shape index (κ1) is 14.3. The van der Waals surface area contributed by atoms with Gasteiger partial charge < -0.3 is 15.2 Å². The Bertz CT molecular complexity index is 506. The maximum absolute atomic E-state index is 12.2. The first-order valence-corrected chi connectivity index (χ1v) is 7.88. The van der Waals surface area contributed by atoms with E-state index < -0.39 is 9.84 Å². The molecule has 1 aliphatic heterocycles. The number of methoxy groups -OCH3 is 1. The van der Waals surface area contributed by atoms with Gasteiger partial charge in [0.2, 0.25) is 0 Å². The van der Waals surface area contributed by atoms with Gasteiger partial charge in [0.1, 0.15) is 5.75 Å². The number of sulfone groups is 1. The minimum Gasteiger partial charge on any atom is -0.497 e. The van der Waals surface area contributed by atoms with Crippen molar-refractivity contribution in [1.82, 2.24) is 0 Å². The van der Waals surface area contributed by atoms with Crippen molar-refractivity contribution in [2.24, 2.45) is 11.7 Å². The lowest BCUT2D eigenvalue weighted by molar-refractivity contribution is 0.182. The highest BCUT2D eigenvalue weighted by Crippen LogP contribution is 2.21. The third-order valence-corrected chi connectivity index (χ3v) is 5.21. The standard InChI is InChI=1S/C13H19NO4S/c1-17-11-2-4-12(5-3-11)19(15,16)9-13(14)10-6-7-18-8-10/h2-5,10,13H,6-9,14H2,1H3. The Morgan fingerprint density at radius 2 is 2.11 bits per heavy atom. The normalized spacial score (nSPS) is 21.3. The highest BCUT2D eigenvalue weighted by Gasteiger charge is 2.28. The summed E-state index contributed by atoms with van der Waals surface area (Å²) in [7, 11) is -1.82. The third-order valence-electron chi connectivity index (χ3n) is 3.40. The highest BCUT2D eigenvalue weighted by molar-refractivity contribution is 7.91. The lowest BCUT2D eigenvalue weighted by Crippen LogP contribution is -2.37. The fourth-order valence-electron chi connectivity index (χ4n) is 2.16. The maximum atomic E-state index is 12.2. The minimum atomic E-state index is -3.36. The van der Waals surface area contributed by atoms with Gasteiger partial charge in [0.05, 0.1) is 24.4 Å². The Labute approximate surface area is 113 Å². The average molecular weight is 285 g/mol. The molecule has 6 heteroatoms. The first-order valence-electron chi connectivity index (χ1n) is 6.23. The van der Waals surface area contributed by atoms with Crippen LogP contribution < -0.4 is 10.5 Å². The molecule has 1 fully saturated rings. The summed E-state index contributed by atoms with van der Waals surface area (Å²) < 4.78 is 34.7. The second-order valence-corrected chi connectivity index (χ2v) is 6.78. The van der Waals surface area contributed by atoms with Crippen LogP contribution in [0.25, 0.3) is 0 Å². The average Bonchev–Trinajstić information content (AvgIpc) is 2.92. The monoisotopic (exact) mass is 285 g/mol. The van der Waals surface area contributed by atoms with Crippen LogP contribution in [0.4, 0.5) is 0 Å². The van der Waals surface area contributed by atoms with Crippen LogP contribution in [0.2, 0.25) is 0 Å². The molecular formula is C13H19NO4S. The minimum absolute atomic E-state index is 0.0483. The van der Waals surface area contributed by atoms with Gasteiger partial charge in [-0.15, -0.1) is 0 Å². The predicted molar refractivity (Wildman–Crippen MR) is 71.9 cm³/mol. The molecule has 19 heavy (non-hydrogen) atoms. The summed E-state index contributed by atoms with van der Waals surface area (Å²) in [6.07, 6.45) is 0.833. The van der Waals surface area contributed by atoms with E-state index in [1.54, 1.807) is 31.4 Å². The van der Waals surface area contributed by atoms with E-state index >= 15 is 0 Å². The molecule has 2 atom stereocenters. The van der Waals surface area contributed by atoms with Crippen LogP contribution in [0.5, 0.6) is 5.75 Å². The third kappa shape index (κ3) is 3.46. The number of nitrogens with two attached hydrogens (primary N) is 1. The molecule has 106 valence electrons. The van der Waals surface area contributed by atoms with Crippen molar-refractivity contribution in [2.75, 3.05) is 26.1 Å². The largest absolute Gasteiger partial charge is 0.497 e. The van der Waals surface area contributed by atoms with Crippen LogP contribution in [0.1, 0.15) is 6.42 Å². The van der Waals surface area contributed by atoms with Crippen molar-refractivity contribution < 1.29 is 17.9 Å². The molecule has 1 aromatic rings. The molecule has 1 aromatic carbocycles. The van der Waals surface area contributed by atoms with Crippen molar-refractivity contribution in [3.8, 4) is 5.75 Å². The summed E-state index contributed by atoms with van der Waals surface area (Å²) >= 11 is 0. The van der Waals surface area contributed by atoms with Crippen LogP contribution in [-0.2, 0) is 14.6 Å². The molecule has 0 saturated carbocycles. The van der Waals surface area contributed by atoms with Crippen molar-refractivity contribution >= 4 is 9.84 Å². The Hall–Kier alpha value is -1.11.